The maximum absolute atomic E-state index is 9.92. The highest BCUT2D eigenvalue weighted by molar-refractivity contribution is 7.00. The van der Waals surface area contributed by atoms with Gasteiger partial charge in [0.15, 0.2) is 0 Å². The van der Waals surface area contributed by atoms with Crippen molar-refractivity contribution in [2.45, 2.75) is 183 Å². The van der Waals surface area contributed by atoms with Crippen molar-refractivity contribution in [1.82, 2.24) is 13.7 Å². The van der Waals surface area contributed by atoms with Gasteiger partial charge in [-0.1, -0.05) is 297 Å². The number of aromatic nitrogens is 3. The third kappa shape index (κ3) is 11.9. The lowest BCUT2D eigenvalue weighted by molar-refractivity contribution is 0.568. The first-order chi connectivity index (χ1) is 56.3. The van der Waals surface area contributed by atoms with Crippen molar-refractivity contribution in [3.8, 4) is 39.3 Å². The first kappa shape index (κ1) is 63.6. The lowest BCUT2D eigenvalue weighted by Gasteiger charge is -2.46. The fourth-order valence-corrected chi connectivity index (χ4v) is 17.6. The van der Waals surface area contributed by atoms with E-state index in [9.17, 15) is 8.22 Å². The summed E-state index contributed by atoms with van der Waals surface area (Å²) in [5.74, 6) is 0. The molecule has 558 valence electrons. The van der Waals surface area contributed by atoms with E-state index < -0.39 is 36.3 Å². The summed E-state index contributed by atoms with van der Waals surface area (Å²) in [6.45, 7) is 47.9. The van der Waals surface area contributed by atoms with Crippen molar-refractivity contribution in [2.24, 2.45) is 0 Å². The summed E-state index contributed by atoms with van der Waals surface area (Å²) in [5, 5.41) is 4.68. The maximum Gasteiger partial charge on any atom is 0.252 e. The zero-order chi connectivity index (χ0) is 85.5. The third-order valence-electron chi connectivity index (χ3n) is 24.1. The molecule has 13 aromatic carbocycles. The second-order valence-corrected chi connectivity index (χ2v) is 39.0. The summed E-state index contributed by atoms with van der Waals surface area (Å²) in [4.78, 5) is 5.09. The number of anilines is 6. The number of para-hydroxylation sites is 5. The lowest BCUT2D eigenvalue weighted by Crippen LogP contribution is -2.61. The summed E-state index contributed by atoms with van der Waals surface area (Å²) in [7, 11) is 0. The molecule has 112 heavy (non-hydrogen) atoms. The van der Waals surface area contributed by atoms with Gasteiger partial charge in [-0.25, -0.2) is 0 Å². The van der Waals surface area contributed by atoms with E-state index in [0.717, 1.165) is 128 Å². The molecule has 2 aliphatic heterocycles. The summed E-state index contributed by atoms with van der Waals surface area (Å²) < 4.78 is 82.7. The van der Waals surface area contributed by atoms with Crippen molar-refractivity contribution in [3.63, 3.8) is 0 Å². The number of rotatable bonds is 7. The molecule has 0 bridgehead atoms. The molecule has 0 fully saturated rings. The smallest absolute Gasteiger partial charge is 0.252 e. The van der Waals surface area contributed by atoms with E-state index in [1.807, 2.05) is 6.07 Å². The Hall–Kier alpha value is -11.1. The number of hydrogen-bond donors (Lipinski definition) is 0. The molecule has 0 atom stereocenters. The fourth-order valence-electron chi connectivity index (χ4n) is 17.6. The van der Waals surface area contributed by atoms with Crippen LogP contribution in [0.4, 0.5) is 34.1 Å². The highest BCUT2D eigenvalue weighted by atomic mass is 15.2. The van der Waals surface area contributed by atoms with Crippen LogP contribution in [0.25, 0.3) is 105 Å². The number of hydrogen-bond acceptors (Lipinski definition) is 2. The van der Waals surface area contributed by atoms with E-state index in [0.29, 0.717) is 5.69 Å². The van der Waals surface area contributed by atoms with Crippen molar-refractivity contribution >= 4 is 123 Å². The van der Waals surface area contributed by atoms with Crippen molar-refractivity contribution in [1.29, 1.82) is 0 Å². The predicted octanol–water partition coefficient (Wildman–Crippen LogP) is 27.5. The number of nitrogens with zero attached hydrogens (tertiary/aromatic N) is 5. The standard InChI is InChI=1S/C106H106BN5/c1-100(2,3)67-43-49-91(81(57-67)65-51-69(102(7,8)9)55-70(52-65)103(10,11)12)111-95-61-75(109-87-39-29-25-35-77(87)78-36-26-30-40-88(78)109)45-47-85(95)107-86-48-46-76(110-90-42-32-28-38-80(90)84-63-83-79-37-27-31-41-89(79)108(93(83)64-94(84)110)74-33-23-22-24-34-74)62-96(86)112(98-60-73(106(19,20)21)59-97(111)99(98)107)92-50-44-68(101(4,5)6)58-82(92)66-53-71(104(13,14)15)56-72(54-66)105(16,17)18/h22-64H,1-21H3/i25D,26D,29D,30D,35D,36D,39D,40D. The quantitative estimate of drug-likeness (QED) is 0.148. The van der Waals surface area contributed by atoms with Crippen LogP contribution in [0.15, 0.2) is 261 Å². The van der Waals surface area contributed by atoms with Gasteiger partial charge in [0.2, 0.25) is 0 Å². The molecular weight excluding hydrogens is 1350 g/mol. The van der Waals surface area contributed by atoms with Crippen molar-refractivity contribution in [2.75, 3.05) is 9.80 Å². The third-order valence-corrected chi connectivity index (χ3v) is 24.1. The Kier molecular flexibility index (Phi) is 14.3. The molecule has 0 radical (unpaired) electrons. The highest BCUT2D eigenvalue weighted by Crippen LogP contribution is 2.54. The zero-order valence-corrected chi connectivity index (χ0v) is 69.0. The zero-order valence-electron chi connectivity index (χ0n) is 77.0. The van der Waals surface area contributed by atoms with Gasteiger partial charge in [-0.3, -0.25) is 0 Å². The molecule has 0 saturated heterocycles. The Morgan fingerprint density at radius 3 is 1.00 bits per heavy atom. The fraction of sp³-hybridized carbons (Fsp3) is 0.264. The van der Waals surface area contributed by atoms with E-state index in [4.69, 9.17) is 2.74 Å². The molecule has 0 N–H and O–H groups in total. The Morgan fingerprint density at radius 1 is 0.241 bits per heavy atom. The molecule has 18 rings (SSSR count). The highest BCUT2D eigenvalue weighted by Gasteiger charge is 2.46. The van der Waals surface area contributed by atoms with Gasteiger partial charge in [0, 0.05) is 83.3 Å². The summed E-state index contributed by atoms with van der Waals surface area (Å²) in [5.41, 5.74) is 26.5. The van der Waals surface area contributed by atoms with Gasteiger partial charge in [0.25, 0.3) is 6.71 Å². The van der Waals surface area contributed by atoms with Crippen LogP contribution in [0.5, 0.6) is 0 Å². The van der Waals surface area contributed by atoms with E-state index in [1.165, 1.54) is 38.6 Å². The molecule has 6 heteroatoms. The van der Waals surface area contributed by atoms with Gasteiger partial charge < -0.3 is 23.5 Å². The molecule has 0 unspecified atom stereocenters. The molecule has 0 spiro atoms. The Morgan fingerprint density at radius 2 is 0.598 bits per heavy atom. The molecular formula is C106H106BN5. The van der Waals surface area contributed by atoms with Gasteiger partial charge in [-0.15, -0.1) is 0 Å². The first-order valence-corrected chi connectivity index (χ1v) is 40.0. The SMILES string of the molecule is [2H]c1c([2H])c([2H])c2c(c1[2H])c1c([2H])c([2H])c([2H])c([2H])c1n2-c1ccc2c(c1)N(c1ccc(C(C)(C)C)cc1-c1cc(C(C)(C)C)cc(C(C)(C)C)c1)c1cc(C(C)(C)C)cc3c1B2c1ccc(-n2c4ccccc4c4cc5c6ccccc6n(-c6ccccc6)c5cc42)cc1N3c1ccc(C(C)(C)C)cc1-c1cc(C(C)(C)C)cc(C(C)(C)C)c1. The molecule has 0 saturated carbocycles. The van der Waals surface area contributed by atoms with Crippen LogP contribution in [0.1, 0.15) is 195 Å². The Labute approximate surface area is 675 Å². The van der Waals surface area contributed by atoms with Crippen LogP contribution < -0.4 is 26.2 Å². The molecule has 2 aliphatic rings. The number of fused-ring (bicyclic) bond motifs is 13. The maximum atomic E-state index is 9.92. The Bertz CT molecular complexity index is 6930. The predicted molar refractivity (Wildman–Crippen MR) is 485 cm³/mol. The van der Waals surface area contributed by atoms with E-state index in [-0.39, 0.29) is 78.5 Å². The summed E-state index contributed by atoms with van der Waals surface area (Å²) >= 11 is 0. The van der Waals surface area contributed by atoms with Gasteiger partial charge in [-0.2, -0.15) is 0 Å². The Balaban J connectivity index is 1.03. The normalized spacial score (nSPS) is 14.7. The first-order valence-electron chi connectivity index (χ1n) is 44.0. The minimum Gasteiger partial charge on any atom is -0.311 e. The van der Waals surface area contributed by atoms with Gasteiger partial charge in [0.1, 0.15) is 0 Å². The number of benzene rings is 13. The van der Waals surface area contributed by atoms with Crippen LogP contribution in [-0.2, 0) is 37.9 Å². The largest absolute Gasteiger partial charge is 0.311 e. The van der Waals surface area contributed by atoms with Crippen LogP contribution >= 0.6 is 0 Å². The second kappa shape index (κ2) is 25.2. The molecule has 0 amide bonds. The van der Waals surface area contributed by atoms with Crippen LogP contribution in [-0.4, -0.2) is 20.4 Å². The summed E-state index contributed by atoms with van der Waals surface area (Å²) in [6, 6.07) is 76.9. The van der Waals surface area contributed by atoms with Crippen LogP contribution in [0.2, 0.25) is 0 Å². The average molecular weight is 1470 g/mol. The molecule has 5 heterocycles. The van der Waals surface area contributed by atoms with Gasteiger partial charge in [0.05, 0.1) is 55.4 Å². The van der Waals surface area contributed by atoms with Crippen molar-refractivity contribution in [3.05, 3.63) is 300 Å². The van der Waals surface area contributed by atoms with Crippen LogP contribution in [0.3, 0.4) is 0 Å². The van der Waals surface area contributed by atoms with E-state index >= 15 is 0 Å². The monoisotopic (exact) mass is 1470 g/mol. The topological polar surface area (TPSA) is 21.3 Å². The van der Waals surface area contributed by atoms with Crippen molar-refractivity contribution < 1.29 is 11.0 Å². The van der Waals surface area contributed by atoms with Gasteiger partial charge in [-0.05, 0) is 214 Å². The van der Waals surface area contributed by atoms with Crippen LogP contribution in [0, 0.1) is 0 Å². The molecule has 0 aliphatic carbocycles. The average Bonchev–Trinajstić information content (AvgIpc) is 0.879. The second-order valence-electron chi connectivity index (χ2n) is 39.0. The molecule has 5 nitrogen and oxygen atoms in total. The minimum absolute atomic E-state index is 0.0221. The summed E-state index contributed by atoms with van der Waals surface area (Å²) in [6.07, 6.45) is 0. The minimum atomic E-state index is -0.491. The molecule has 3 aromatic heterocycles. The van der Waals surface area contributed by atoms with E-state index in [2.05, 4.69) is 371 Å². The van der Waals surface area contributed by atoms with Gasteiger partial charge >= 0.3 is 0 Å². The lowest BCUT2D eigenvalue weighted by atomic mass is 9.33. The van der Waals surface area contributed by atoms with E-state index in [1.54, 1.807) is 4.57 Å². The molecule has 16 aromatic rings.